The van der Waals surface area contributed by atoms with Gasteiger partial charge in [-0.25, -0.2) is 9.49 Å². The highest BCUT2D eigenvalue weighted by molar-refractivity contribution is 6.04. The third kappa shape index (κ3) is 3.32. The van der Waals surface area contributed by atoms with Gasteiger partial charge in [0, 0.05) is 17.0 Å². The lowest BCUT2D eigenvalue weighted by Gasteiger charge is -2.05. The predicted octanol–water partition coefficient (Wildman–Crippen LogP) is 2.65. The first-order chi connectivity index (χ1) is 13.1. The van der Waals surface area contributed by atoms with Gasteiger partial charge < -0.3 is 9.84 Å². The van der Waals surface area contributed by atoms with Crippen LogP contribution in [0.25, 0.3) is 22.0 Å². The van der Waals surface area contributed by atoms with E-state index in [-0.39, 0.29) is 23.6 Å². The van der Waals surface area contributed by atoms with E-state index < -0.39 is 5.91 Å². The van der Waals surface area contributed by atoms with Crippen LogP contribution in [-0.4, -0.2) is 21.3 Å². The number of hydrogen-bond acceptors (Lipinski definition) is 5. The molecule has 2 aromatic heterocycles. The Morgan fingerprint density at radius 3 is 2.63 bits per heavy atom. The van der Waals surface area contributed by atoms with E-state index in [0.717, 1.165) is 0 Å². The smallest absolute Gasteiger partial charge is 0.272 e. The fourth-order valence-corrected chi connectivity index (χ4v) is 2.69. The number of amides is 1. The maximum absolute atomic E-state index is 13.0. The van der Waals surface area contributed by atoms with Crippen LogP contribution in [-0.2, 0) is 6.54 Å². The first-order valence-electron chi connectivity index (χ1n) is 8.09. The molecule has 2 heterocycles. The quantitative estimate of drug-likeness (QED) is 0.580. The van der Waals surface area contributed by atoms with Crippen LogP contribution in [0.2, 0.25) is 0 Å². The van der Waals surface area contributed by atoms with E-state index in [1.807, 2.05) is 0 Å². The first-order valence-corrected chi connectivity index (χ1v) is 8.09. The molecule has 0 bridgehead atoms. The van der Waals surface area contributed by atoms with Gasteiger partial charge in [-0.15, -0.1) is 0 Å². The second kappa shape index (κ2) is 6.83. The Kier molecular flexibility index (Phi) is 4.21. The zero-order chi connectivity index (χ0) is 18.8. The zero-order valence-electron chi connectivity index (χ0n) is 13.9. The summed E-state index contributed by atoms with van der Waals surface area (Å²) in [5.74, 6) is -0.367. The molecule has 0 atom stereocenters. The third-order valence-corrected chi connectivity index (χ3v) is 4.03. The lowest BCUT2D eigenvalue weighted by atomic mass is 10.1. The molecule has 7 nitrogen and oxygen atoms in total. The minimum absolute atomic E-state index is 0.0855. The van der Waals surface area contributed by atoms with Crippen LogP contribution in [0.1, 0.15) is 16.2 Å². The van der Waals surface area contributed by atoms with Crippen molar-refractivity contribution in [2.75, 3.05) is 0 Å². The van der Waals surface area contributed by atoms with Gasteiger partial charge in [-0.1, -0.05) is 23.4 Å². The molecule has 4 rings (SSSR count). The van der Waals surface area contributed by atoms with E-state index in [1.54, 1.807) is 42.5 Å². The van der Waals surface area contributed by atoms with Gasteiger partial charge in [0.25, 0.3) is 11.5 Å². The number of hydrogen-bond donors (Lipinski definition) is 2. The molecular weight excluding hydrogens is 351 g/mol. The molecule has 0 aliphatic heterocycles. The number of halogens is 1. The number of nitrogens with zero attached hydrogens (tertiary/aromatic N) is 2. The summed E-state index contributed by atoms with van der Waals surface area (Å²) in [6.45, 7) is 0.0855. The highest BCUT2D eigenvalue weighted by Crippen LogP contribution is 2.19. The molecule has 27 heavy (non-hydrogen) atoms. The van der Waals surface area contributed by atoms with E-state index >= 15 is 0 Å². The topological polar surface area (TPSA) is 101 Å². The predicted molar refractivity (Wildman–Crippen MR) is 95.4 cm³/mol. The van der Waals surface area contributed by atoms with E-state index in [1.165, 1.54) is 12.1 Å². The Morgan fingerprint density at radius 1 is 1.11 bits per heavy atom. The Labute approximate surface area is 151 Å². The second-order valence-corrected chi connectivity index (χ2v) is 5.81. The summed E-state index contributed by atoms with van der Waals surface area (Å²) < 4.78 is 18.2. The first kappa shape index (κ1) is 16.6. The standard InChI is InChI=1S/C19H13FN4O3/c20-12-7-5-11(6-8-12)16-9-13(27-24-16)10-21-19(26)17-14-3-1-2-4-15(14)18(25)23-22-17/h1-9H,10H2,(H,21,26)(H,23,25). The summed E-state index contributed by atoms with van der Waals surface area (Å²) in [4.78, 5) is 24.3. The lowest BCUT2D eigenvalue weighted by molar-refractivity contribution is 0.0943. The summed E-state index contributed by atoms with van der Waals surface area (Å²) in [7, 11) is 0. The third-order valence-electron chi connectivity index (χ3n) is 4.03. The summed E-state index contributed by atoms with van der Waals surface area (Å²) in [5.41, 5.74) is 0.989. The van der Waals surface area contributed by atoms with Crippen molar-refractivity contribution in [1.29, 1.82) is 0 Å². The highest BCUT2D eigenvalue weighted by Gasteiger charge is 2.15. The van der Waals surface area contributed by atoms with Gasteiger partial charge >= 0.3 is 0 Å². The van der Waals surface area contributed by atoms with Crippen LogP contribution >= 0.6 is 0 Å². The molecule has 0 radical (unpaired) electrons. The van der Waals surface area contributed by atoms with Gasteiger partial charge in [-0.05, 0) is 30.3 Å². The van der Waals surface area contributed by atoms with Crippen LogP contribution in [0.4, 0.5) is 4.39 Å². The number of aromatic amines is 1. The summed E-state index contributed by atoms with van der Waals surface area (Å²) >= 11 is 0. The summed E-state index contributed by atoms with van der Waals surface area (Å²) in [6, 6.07) is 14.2. The highest BCUT2D eigenvalue weighted by atomic mass is 19.1. The molecule has 2 aromatic carbocycles. The number of fused-ring (bicyclic) bond motifs is 1. The van der Waals surface area contributed by atoms with E-state index in [4.69, 9.17) is 4.52 Å². The second-order valence-electron chi connectivity index (χ2n) is 5.81. The van der Waals surface area contributed by atoms with Crippen molar-refractivity contribution >= 4 is 16.7 Å². The molecule has 0 spiro atoms. The van der Waals surface area contributed by atoms with E-state index in [0.29, 0.717) is 27.8 Å². The van der Waals surface area contributed by atoms with Crippen molar-refractivity contribution in [1.82, 2.24) is 20.7 Å². The maximum Gasteiger partial charge on any atom is 0.272 e. The van der Waals surface area contributed by atoms with Crippen molar-refractivity contribution in [2.45, 2.75) is 6.54 Å². The molecule has 0 saturated carbocycles. The number of benzene rings is 2. The number of H-pyrrole nitrogens is 1. The fourth-order valence-electron chi connectivity index (χ4n) is 2.69. The van der Waals surface area contributed by atoms with Crippen LogP contribution in [0.3, 0.4) is 0 Å². The molecule has 8 heteroatoms. The zero-order valence-corrected chi connectivity index (χ0v) is 13.9. The molecule has 2 N–H and O–H groups in total. The molecule has 0 unspecified atom stereocenters. The van der Waals surface area contributed by atoms with Gasteiger partial charge in [0.15, 0.2) is 11.5 Å². The maximum atomic E-state index is 13.0. The Hall–Kier alpha value is -3.81. The van der Waals surface area contributed by atoms with Gasteiger partial charge in [-0.2, -0.15) is 5.10 Å². The monoisotopic (exact) mass is 364 g/mol. The molecule has 0 saturated heterocycles. The molecule has 4 aromatic rings. The minimum atomic E-state index is -0.456. The summed E-state index contributed by atoms with van der Waals surface area (Å²) in [5, 5.41) is 13.6. The van der Waals surface area contributed by atoms with Crippen molar-refractivity contribution in [3.8, 4) is 11.3 Å². The van der Waals surface area contributed by atoms with Crippen LogP contribution < -0.4 is 10.9 Å². The van der Waals surface area contributed by atoms with Crippen LogP contribution in [0, 0.1) is 5.82 Å². The average Bonchev–Trinajstić information content (AvgIpc) is 3.16. The van der Waals surface area contributed by atoms with E-state index in [2.05, 4.69) is 20.7 Å². The van der Waals surface area contributed by atoms with Crippen molar-refractivity contribution in [2.24, 2.45) is 0 Å². The number of aromatic nitrogens is 3. The van der Waals surface area contributed by atoms with Gasteiger partial charge in [-0.3, -0.25) is 9.59 Å². The molecule has 0 fully saturated rings. The normalized spacial score (nSPS) is 10.9. The Bertz CT molecular complexity index is 1180. The average molecular weight is 364 g/mol. The fraction of sp³-hybridized carbons (Fsp3) is 0.0526. The van der Waals surface area contributed by atoms with E-state index in [9.17, 15) is 14.0 Å². The molecule has 134 valence electrons. The number of carbonyl (C=O) groups is 1. The number of nitrogens with one attached hydrogen (secondary N) is 2. The SMILES string of the molecule is O=C(NCc1cc(-c2ccc(F)cc2)no1)c1n[nH]c(=O)c2ccccc12. The largest absolute Gasteiger partial charge is 0.359 e. The Morgan fingerprint density at radius 2 is 1.85 bits per heavy atom. The minimum Gasteiger partial charge on any atom is -0.359 e. The molecular formula is C19H13FN4O3. The van der Waals surface area contributed by atoms with Crippen LogP contribution in [0.15, 0.2) is 63.9 Å². The van der Waals surface area contributed by atoms with Gasteiger partial charge in [0.05, 0.1) is 11.9 Å². The van der Waals surface area contributed by atoms with Gasteiger partial charge in [0.2, 0.25) is 0 Å². The van der Waals surface area contributed by atoms with Crippen LogP contribution in [0.5, 0.6) is 0 Å². The number of rotatable bonds is 4. The lowest BCUT2D eigenvalue weighted by Crippen LogP contribution is -2.26. The molecule has 1 amide bonds. The van der Waals surface area contributed by atoms with Crippen molar-refractivity contribution in [3.63, 3.8) is 0 Å². The molecule has 0 aliphatic carbocycles. The van der Waals surface area contributed by atoms with Gasteiger partial charge in [0.1, 0.15) is 11.5 Å². The van der Waals surface area contributed by atoms with Crippen molar-refractivity contribution < 1.29 is 13.7 Å². The Balaban J connectivity index is 1.51. The number of carbonyl (C=O) groups excluding carboxylic acids is 1. The summed E-state index contributed by atoms with van der Waals surface area (Å²) in [6.07, 6.45) is 0. The van der Waals surface area contributed by atoms with Crippen molar-refractivity contribution in [3.05, 3.63) is 82.2 Å². The molecule has 0 aliphatic rings.